The Bertz CT molecular complexity index is 280. The number of hydrogen-bond acceptors (Lipinski definition) is 1. The van der Waals surface area contributed by atoms with Crippen molar-refractivity contribution in [2.45, 2.75) is 38.1 Å². The molecule has 2 aliphatic rings. The van der Waals surface area contributed by atoms with Crippen molar-refractivity contribution in [2.24, 2.45) is 0 Å². The van der Waals surface area contributed by atoms with Crippen molar-refractivity contribution < 1.29 is 4.79 Å². The van der Waals surface area contributed by atoms with Gasteiger partial charge in [0, 0.05) is 19.0 Å². The molecule has 0 radical (unpaired) electrons. The van der Waals surface area contributed by atoms with E-state index in [0.29, 0.717) is 11.9 Å². The number of piperidine rings is 1. The molecule has 0 N–H and O–H groups in total. The molecule has 76 valence electrons. The number of carbonyl (C=O) groups is 1. The normalized spacial score (nSPS) is 29.4. The Kier molecular flexibility index (Phi) is 2.71. The molecule has 0 aromatic carbocycles. The van der Waals surface area contributed by atoms with E-state index in [9.17, 15) is 4.79 Å². The summed E-state index contributed by atoms with van der Waals surface area (Å²) in [6.07, 6.45) is 9.15. The van der Waals surface area contributed by atoms with Crippen LogP contribution in [0.25, 0.3) is 0 Å². The lowest BCUT2D eigenvalue weighted by atomic mass is 9.96. The standard InChI is InChI=1S/C12H17NO/c1-2-3-4-10-7-8-13-11(9-10)5-6-12(13)14/h2,4,11H,1,3,5-9H2/b10-4-. The van der Waals surface area contributed by atoms with E-state index >= 15 is 0 Å². The molecule has 0 spiro atoms. The van der Waals surface area contributed by atoms with Crippen LogP contribution in [0.1, 0.15) is 32.1 Å². The second kappa shape index (κ2) is 3.99. The van der Waals surface area contributed by atoms with Crippen molar-refractivity contribution in [2.75, 3.05) is 6.54 Å². The molecule has 2 heteroatoms. The van der Waals surface area contributed by atoms with Crippen LogP contribution in [0.5, 0.6) is 0 Å². The molecular formula is C12H17NO. The third-order valence-electron chi connectivity index (χ3n) is 3.20. The number of allylic oxidation sites excluding steroid dienone is 2. The van der Waals surface area contributed by atoms with E-state index in [1.165, 1.54) is 5.57 Å². The van der Waals surface area contributed by atoms with Gasteiger partial charge in [-0.25, -0.2) is 0 Å². The maximum absolute atomic E-state index is 11.4. The van der Waals surface area contributed by atoms with Gasteiger partial charge in [-0.15, -0.1) is 6.58 Å². The number of rotatable bonds is 2. The van der Waals surface area contributed by atoms with Crippen LogP contribution >= 0.6 is 0 Å². The Morgan fingerprint density at radius 3 is 3.14 bits per heavy atom. The highest BCUT2D eigenvalue weighted by molar-refractivity contribution is 5.79. The molecule has 0 bridgehead atoms. The van der Waals surface area contributed by atoms with Crippen LogP contribution in [0.4, 0.5) is 0 Å². The molecule has 2 aliphatic heterocycles. The first-order valence-electron chi connectivity index (χ1n) is 5.39. The van der Waals surface area contributed by atoms with E-state index in [-0.39, 0.29) is 0 Å². The van der Waals surface area contributed by atoms with Gasteiger partial charge in [-0.2, -0.15) is 0 Å². The van der Waals surface area contributed by atoms with Crippen molar-refractivity contribution >= 4 is 5.91 Å². The molecule has 0 aromatic heterocycles. The molecule has 2 saturated heterocycles. The zero-order valence-electron chi connectivity index (χ0n) is 8.54. The fourth-order valence-electron chi connectivity index (χ4n) is 2.42. The number of amides is 1. The van der Waals surface area contributed by atoms with Crippen LogP contribution in [-0.4, -0.2) is 23.4 Å². The van der Waals surface area contributed by atoms with Crippen molar-refractivity contribution in [3.05, 3.63) is 24.3 Å². The summed E-state index contributed by atoms with van der Waals surface area (Å²) in [7, 11) is 0. The summed E-state index contributed by atoms with van der Waals surface area (Å²) in [5.74, 6) is 0.359. The Morgan fingerprint density at radius 1 is 1.50 bits per heavy atom. The lowest BCUT2D eigenvalue weighted by Gasteiger charge is -2.31. The molecule has 1 unspecified atom stereocenters. The fraction of sp³-hybridized carbons (Fsp3) is 0.583. The molecule has 14 heavy (non-hydrogen) atoms. The van der Waals surface area contributed by atoms with Crippen LogP contribution in [0.2, 0.25) is 0 Å². The first-order chi connectivity index (χ1) is 6.81. The minimum Gasteiger partial charge on any atom is -0.339 e. The molecule has 1 atom stereocenters. The quantitative estimate of drug-likeness (QED) is 0.613. The molecule has 2 nitrogen and oxygen atoms in total. The second-order valence-corrected chi connectivity index (χ2v) is 4.12. The maximum atomic E-state index is 11.4. The summed E-state index contributed by atoms with van der Waals surface area (Å²) in [5, 5.41) is 0. The Balaban J connectivity index is 1.98. The van der Waals surface area contributed by atoms with Crippen molar-refractivity contribution in [3.63, 3.8) is 0 Å². The minimum atomic E-state index is 0.359. The van der Waals surface area contributed by atoms with Gasteiger partial charge in [-0.3, -0.25) is 4.79 Å². The molecule has 2 fully saturated rings. The Labute approximate surface area is 85.3 Å². The summed E-state index contributed by atoms with van der Waals surface area (Å²) in [5.41, 5.74) is 1.51. The number of hydrogen-bond donors (Lipinski definition) is 0. The summed E-state index contributed by atoms with van der Waals surface area (Å²) in [6.45, 7) is 4.65. The molecule has 0 aliphatic carbocycles. The molecule has 0 saturated carbocycles. The van der Waals surface area contributed by atoms with E-state index in [0.717, 1.165) is 38.6 Å². The Morgan fingerprint density at radius 2 is 2.36 bits per heavy atom. The average Bonchev–Trinajstić information content (AvgIpc) is 2.57. The molecule has 0 aromatic rings. The van der Waals surface area contributed by atoms with Gasteiger partial charge in [0.2, 0.25) is 5.91 Å². The van der Waals surface area contributed by atoms with Crippen LogP contribution < -0.4 is 0 Å². The Hall–Kier alpha value is -1.05. The van der Waals surface area contributed by atoms with Crippen LogP contribution in [-0.2, 0) is 4.79 Å². The minimum absolute atomic E-state index is 0.359. The van der Waals surface area contributed by atoms with Gasteiger partial charge in [0.15, 0.2) is 0 Å². The third-order valence-corrected chi connectivity index (χ3v) is 3.20. The number of nitrogens with zero attached hydrogens (tertiary/aromatic N) is 1. The van der Waals surface area contributed by atoms with Crippen molar-refractivity contribution in [1.29, 1.82) is 0 Å². The predicted molar refractivity (Wildman–Crippen MR) is 56.9 cm³/mol. The smallest absolute Gasteiger partial charge is 0.222 e. The third kappa shape index (κ3) is 1.74. The largest absolute Gasteiger partial charge is 0.339 e. The summed E-state index contributed by atoms with van der Waals surface area (Å²) in [4.78, 5) is 13.5. The van der Waals surface area contributed by atoms with Crippen LogP contribution in [0, 0.1) is 0 Å². The zero-order chi connectivity index (χ0) is 9.97. The van der Waals surface area contributed by atoms with Gasteiger partial charge in [0.25, 0.3) is 0 Å². The monoisotopic (exact) mass is 191 g/mol. The van der Waals surface area contributed by atoms with E-state index in [4.69, 9.17) is 0 Å². The van der Waals surface area contributed by atoms with Crippen LogP contribution in [0.3, 0.4) is 0 Å². The summed E-state index contributed by atoms with van der Waals surface area (Å²) < 4.78 is 0. The van der Waals surface area contributed by atoms with Crippen molar-refractivity contribution in [3.8, 4) is 0 Å². The van der Waals surface area contributed by atoms with E-state index in [2.05, 4.69) is 17.6 Å². The van der Waals surface area contributed by atoms with Gasteiger partial charge >= 0.3 is 0 Å². The lowest BCUT2D eigenvalue weighted by Crippen LogP contribution is -2.37. The van der Waals surface area contributed by atoms with Gasteiger partial charge in [-0.05, 0) is 25.7 Å². The van der Waals surface area contributed by atoms with Crippen LogP contribution in [0.15, 0.2) is 24.3 Å². The van der Waals surface area contributed by atoms with Gasteiger partial charge in [0.1, 0.15) is 0 Å². The lowest BCUT2D eigenvalue weighted by molar-refractivity contribution is -0.129. The maximum Gasteiger partial charge on any atom is 0.222 e. The molecular weight excluding hydrogens is 174 g/mol. The summed E-state index contributed by atoms with van der Waals surface area (Å²) in [6, 6.07) is 0.507. The van der Waals surface area contributed by atoms with Gasteiger partial charge < -0.3 is 4.90 Å². The topological polar surface area (TPSA) is 20.3 Å². The SMILES string of the molecule is C=CC/C=C1/CCN2C(=O)CCC2C1. The van der Waals surface area contributed by atoms with E-state index < -0.39 is 0 Å². The first-order valence-corrected chi connectivity index (χ1v) is 5.39. The number of carbonyl (C=O) groups excluding carboxylic acids is 1. The second-order valence-electron chi connectivity index (χ2n) is 4.12. The zero-order valence-corrected chi connectivity index (χ0v) is 8.54. The van der Waals surface area contributed by atoms with Gasteiger partial charge in [0.05, 0.1) is 0 Å². The first kappa shape index (κ1) is 9.50. The average molecular weight is 191 g/mol. The molecule has 2 rings (SSSR count). The number of fused-ring (bicyclic) bond motifs is 1. The predicted octanol–water partition coefficient (Wildman–Crippen LogP) is 2.27. The highest BCUT2D eigenvalue weighted by Crippen LogP contribution is 2.30. The van der Waals surface area contributed by atoms with Crippen molar-refractivity contribution in [1.82, 2.24) is 4.90 Å². The van der Waals surface area contributed by atoms with E-state index in [1.807, 2.05) is 6.08 Å². The fourth-order valence-corrected chi connectivity index (χ4v) is 2.42. The van der Waals surface area contributed by atoms with Gasteiger partial charge in [-0.1, -0.05) is 17.7 Å². The highest BCUT2D eigenvalue weighted by atomic mass is 16.2. The summed E-state index contributed by atoms with van der Waals surface area (Å²) >= 11 is 0. The molecule has 2 heterocycles. The highest BCUT2D eigenvalue weighted by Gasteiger charge is 2.33. The van der Waals surface area contributed by atoms with E-state index in [1.54, 1.807) is 0 Å². The molecule has 1 amide bonds.